The van der Waals surface area contributed by atoms with Crippen LogP contribution in [0.2, 0.25) is 5.02 Å². The zero-order valence-electron chi connectivity index (χ0n) is 12.9. The van der Waals surface area contributed by atoms with Crippen LogP contribution in [-0.2, 0) is 16.9 Å². The Labute approximate surface area is 136 Å². The third kappa shape index (κ3) is 3.57. The van der Waals surface area contributed by atoms with Crippen molar-refractivity contribution in [3.63, 3.8) is 0 Å². The Morgan fingerprint density at radius 3 is 2.43 bits per heavy atom. The maximum Gasteiger partial charge on any atom is 0.199 e. The third-order valence-corrected chi connectivity index (χ3v) is 5.79. The molecule has 2 nitrogen and oxygen atoms in total. The van der Waals surface area contributed by atoms with Crippen LogP contribution in [0.3, 0.4) is 0 Å². The molecule has 0 amide bonds. The zero-order valence-corrected chi connectivity index (χ0v) is 14.5. The molecule has 0 radical (unpaired) electrons. The Morgan fingerprint density at radius 2 is 1.90 bits per heavy atom. The molecule has 0 N–H and O–H groups in total. The van der Waals surface area contributed by atoms with Crippen LogP contribution in [0.5, 0.6) is 0 Å². The highest BCUT2D eigenvalue weighted by Crippen LogP contribution is 2.57. The zero-order chi connectivity index (χ0) is 15.3. The van der Waals surface area contributed by atoms with E-state index in [0.717, 1.165) is 17.9 Å². The van der Waals surface area contributed by atoms with Crippen LogP contribution in [0.15, 0.2) is 28.6 Å². The highest BCUT2D eigenvalue weighted by atomic mass is 35.5. The molecule has 1 aliphatic rings. The molecule has 1 aromatic carbocycles. The van der Waals surface area contributed by atoms with Gasteiger partial charge in [0.1, 0.15) is 0 Å². The SMILES string of the molecule is CC(C)(CCCCN=S=O)C1(c2ccc(Cl)cc2)CCC1. The van der Waals surface area contributed by atoms with Crippen molar-refractivity contribution < 1.29 is 4.21 Å². The topological polar surface area (TPSA) is 29.4 Å². The second-order valence-electron chi connectivity index (χ2n) is 6.71. The first-order valence-corrected chi connectivity index (χ1v) is 8.81. The summed E-state index contributed by atoms with van der Waals surface area (Å²) in [5, 5.41) is 0.808. The summed E-state index contributed by atoms with van der Waals surface area (Å²) in [6, 6.07) is 8.42. The van der Waals surface area contributed by atoms with Gasteiger partial charge in [-0.3, -0.25) is 0 Å². The van der Waals surface area contributed by atoms with E-state index in [9.17, 15) is 4.21 Å². The normalized spacial score (nSPS) is 17.1. The molecule has 1 aromatic rings. The predicted molar refractivity (Wildman–Crippen MR) is 90.1 cm³/mol. The molecule has 0 aromatic heterocycles. The van der Waals surface area contributed by atoms with E-state index in [0.29, 0.717) is 23.4 Å². The number of halogens is 1. The molecule has 1 fully saturated rings. The van der Waals surface area contributed by atoms with Gasteiger partial charge in [0.15, 0.2) is 11.5 Å². The van der Waals surface area contributed by atoms with Gasteiger partial charge < -0.3 is 0 Å². The average Bonchev–Trinajstić information content (AvgIpc) is 2.39. The lowest BCUT2D eigenvalue weighted by atomic mass is 9.50. The number of benzene rings is 1. The van der Waals surface area contributed by atoms with Crippen molar-refractivity contribution in [2.24, 2.45) is 9.78 Å². The van der Waals surface area contributed by atoms with Gasteiger partial charge in [-0.05, 0) is 48.8 Å². The molecule has 1 aliphatic carbocycles. The fourth-order valence-electron chi connectivity index (χ4n) is 3.68. The Morgan fingerprint density at radius 1 is 1.24 bits per heavy atom. The van der Waals surface area contributed by atoms with E-state index in [1.165, 1.54) is 31.2 Å². The molecule has 116 valence electrons. The minimum atomic E-state index is 0.268. The number of unbranched alkanes of at least 4 members (excludes halogenated alkanes) is 1. The predicted octanol–water partition coefficient (Wildman–Crippen LogP) is 5.35. The van der Waals surface area contributed by atoms with Crippen molar-refractivity contribution in [1.29, 1.82) is 0 Å². The second-order valence-corrected chi connectivity index (χ2v) is 7.55. The Bertz CT molecular complexity index is 516. The van der Waals surface area contributed by atoms with Gasteiger partial charge in [0.05, 0.1) is 6.54 Å². The number of hydrogen-bond donors (Lipinski definition) is 0. The van der Waals surface area contributed by atoms with E-state index in [2.05, 4.69) is 30.3 Å². The molecular weight excluding hydrogens is 302 g/mol. The van der Waals surface area contributed by atoms with Crippen molar-refractivity contribution in [3.05, 3.63) is 34.9 Å². The number of nitrogens with zero attached hydrogens (tertiary/aromatic N) is 1. The molecule has 4 heteroatoms. The maximum absolute atomic E-state index is 10.3. The first-order chi connectivity index (χ1) is 10.0. The maximum atomic E-state index is 10.3. The highest BCUT2D eigenvalue weighted by molar-refractivity contribution is 7.54. The van der Waals surface area contributed by atoms with Crippen LogP contribution in [0, 0.1) is 5.41 Å². The van der Waals surface area contributed by atoms with Gasteiger partial charge in [-0.2, -0.15) is 8.57 Å². The van der Waals surface area contributed by atoms with Crippen LogP contribution < -0.4 is 0 Å². The molecule has 0 saturated heterocycles. The summed E-state index contributed by atoms with van der Waals surface area (Å²) in [6.45, 7) is 5.46. The molecule has 0 unspecified atom stereocenters. The van der Waals surface area contributed by atoms with Crippen molar-refractivity contribution in [3.8, 4) is 0 Å². The molecule has 0 spiro atoms. The van der Waals surface area contributed by atoms with Crippen LogP contribution in [0.25, 0.3) is 0 Å². The first-order valence-electron chi connectivity index (χ1n) is 7.74. The van der Waals surface area contributed by atoms with Crippen LogP contribution in [-0.4, -0.2) is 10.8 Å². The largest absolute Gasteiger partial charge is 0.199 e. The lowest BCUT2D eigenvalue weighted by Gasteiger charge is -2.54. The smallest absolute Gasteiger partial charge is 0.194 e. The minimum Gasteiger partial charge on any atom is -0.194 e. The molecular formula is C17H24ClNOS. The summed E-state index contributed by atoms with van der Waals surface area (Å²) in [7, 11) is 0. The van der Waals surface area contributed by atoms with Gasteiger partial charge in [0.25, 0.3) is 0 Å². The van der Waals surface area contributed by atoms with Gasteiger partial charge in [0, 0.05) is 10.4 Å². The van der Waals surface area contributed by atoms with Crippen molar-refractivity contribution in [1.82, 2.24) is 0 Å². The molecule has 0 atom stereocenters. The Kier molecular flexibility index (Phi) is 5.61. The van der Waals surface area contributed by atoms with Gasteiger partial charge in [-0.1, -0.05) is 50.4 Å². The summed E-state index contributed by atoms with van der Waals surface area (Å²) in [4.78, 5) is 0. The van der Waals surface area contributed by atoms with E-state index in [4.69, 9.17) is 11.6 Å². The fourth-order valence-corrected chi connectivity index (χ4v) is 4.00. The summed E-state index contributed by atoms with van der Waals surface area (Å²) >= 11 is 6.37. The lowest BCUT2D eigenvalue weighted by molar-refractivity contribution is 0.0581. The van der Waals surface area contributed by atoms with Crippen molar-refractivity contribution in [2.45, 2.75) is 57.8 Å². The van der Waals surface area contributed by atoms with Gasteiger partial charge in [0.2, 0.25) is 0 Å². The van der Waals surface area contributed by atoms with Gasteiger partial charge >= 0.3 is 0 Å². The number of hydrogen-bond acceptors (Lipinski definition) is 2. The Balaban J connectivity index is 2.07. The van der Waals surface area contributed by atoms with Crippen molar-refractivity contribution >= 4 is 23.1 Å². The average molecular weight is 326 g/mol. The quantitative estimate of drug-likeness (QED) is 0.621. The fraction of sp³-hybridized carbons (Fsp3) is 0.647. The van der Waals surface area contributed by atoms with Crippen LogP contribution in [0.1, 0.15) is 57.9 Å². The minimum absolute atomic E-state index is 0.268. The third-order valence-electron chi connectivity index (χ3n) is 5.25. The molecule has 1 saturated carbocycles. The molecule has 0 aliphatic heterocycles. The molecule has 2 rings (SSSR count). The molecule has 21 heavy (non-hydrogen) atoms. The second kappa shape index (κ2) is 7.06. The summed E-state index contributed by atoms with van der Waals surface area (Å²) in [5.41, 5.74) is 1.99. The Hall–Kier alpha value is -0.670. The lowest BCUT2D eigenvalue weighted by Crippen LogP contribution is -2.47. The highest BCUT2D eigenvalue weighted by Gasteiger charge is 2.49. The van der Waals surface area contributed by atoms with Gasteiger partial charge in [-0.15, -0.1) is 0 Å². The first kappa shape index (κ1) is 16.7. The van der Waals surface area contributed by atoms with E-state index in [1.807, 2.05) is 12.1 Å². The standard InChI is InChI=1S/C17H24ClNOS/c1-16(2,10-3-4-13-19-21-20)17(11-5-12-17)14-6-8-15(18)9-7-14/h6-9H,3-5,10-13H2,1-2H3. The van der Waals surface area contributed by atoms with E-state index < -0.39 is 0 Å². The van der Waals surface area contributed by atoms with Gasteiger partial charge in [-0.25, -0.2) is 0 Å². The summed E-state index contributed by atoms with van der Waals surface area (Å²) in [5.74, 6) is 0. The van der Waals surface area contributed by atoms with E-state index in [1.54, 1.807) is 0 Å². The van der Waals surface area contributed by atoms with Crippen molar-refractivity contribution in [2.75, 3.05) is 6.54 Å². The number of rotatable bonds is 7. The summed E-state index contributed by atoms with van der Waals surface area (Å²) < 4.78 is 14.1. The van der Waals surface area contributed by atoms with Crippen LogP contribution in [0.4, 0.5) is 0 Å². The van der Waals surface area contributed by atoms with E-state index >= 15 is 0 Å². The summed E-state index contributed by atoms with van der Waals surface area (Å²) in [6.07, 6.45) is 7.16. The molecule has 0 bridgehead atoms. The molecule has 0 heterocycles. The van der Waals surface area contributed by atoms with Crippen LogP contribution >= 0.6 is 11.6 Å². The monoisotopic (exact) mass is 325 g/mol. The van der Waals surface area contributed by atoms with E-state index in [-0.39, 0.29) is 5.41 Å².